The lowest BCUT2D eigenvalue weighted by Gasteiger charge is -2.44. The minimum Gasteiger partial charge on any atom is -0.369 e. The van der Waals surface area contributed by atoms with Gasteiger partial charge in [0.05, 0.1) is 6.54 Å². The van der Waals surface area contributed by atoms with Gasteiger partial charge in [-0.15, -0.1) is 0 Å². The Morgan fingerprint density at radius 2 is 1.96 bits per heavy atom. The van der Waals surface area contributed by atoms with E-state index in [9.17, 15) is 18.4 Å². The van der Waals surface area contributed by atoms with Crippen LogP contribution in [0.4, 0.5) is 8.78 Å². The quantitative estimate of drug-likeness (QED) is 0.880. The number of halogens is 2. The second-order valence-corrected chi connectivity index (χ2v) is 6.67. The second-order valence-electron chi connectivity index (χ2n) is 6.67. The smallest absolute Gasteiger partial charge is 0.333 e. The largest absolute Gasteiger partial charge is 0.369 e. The van der Waals surface area contributed by atoms with Crippen LogP contribution in [0.25, 0.3) is 0 Å². The zero-order valence-corrected chi connectivity index (χ0v) is 14.0. The van der Waals surface area contributed by atoms with E-state index in [0.29, 0.717) is 11.2 Å². The maximum atomic E-state index is 12.8. The second kappa shape index (κ2) is 7.47. The number of carbonyl (C=O) groups is 2. The number of fused-ring (bicyclic) bond motifs is 1. The molecule has 3 heterocycles. The molecule has 0 aliphatic carbocycles. The summed E-state index contributed by atoms with van der Waals surface area (Å²) in [6, 6.07) is 1.36. The third-order valence-electron chi connectivity index (χ3n) is 5.05. The molecule has 9 heteroatoms. The number of hydrogen-bond donors (Lipinski definition) is 1. The standard InChI is InChI=1S/C16H23F2N5O2/c17-16(18)23-9-6-11(20-23)15(25)22-8-3-5-12-13(22)4-1-2-7-21(12)10-14(19)24/h6,9,12-13,16H,1-5,7-8,10H2,(H2,19,24)/t12-,13-/m1/s1. The molecule has 0 saturated carbocycles. The number of hydrogen-bond acceptors (Lipinski definition) is 4. The van der Waals surface area contributed by atoms with Crippen LogP contribution in [0.2, 0.25) is 0 Å². The van der Waals surface area contributed by atoms with E-state index in [0.717, 1.165) is 44.8 Å². The summed E-state index contributed by atoms with van der Waals surface area (Å²) in [5, 5.41) is 3.70. The third-order valence-corrected chi connectivity index (χ3v) is 5.05. The van der Waals surface area contributed by atoms with Crippen LogP contribution < -0.4 is 5.73 Å². The van der Waals surface area contributed by atoms with Gasteiger partial charge in [0.2, 0.25) is 5.91 Å². The first-order chi connectivity index (χ1) is 12.0. The molecule has 2 fully saturated rings. The molecule has 0 bridgehead atoms. The minimum absolute atomic E-state index is 0.0339. The van der Waals surface area contributed by atoms with E-state index in [-0.39, 0.29) is 36.1 Å². The van der Waals surface area contributed by atoms with Crippen molar-refractivity contribution in [3.63, 3.8) is 0 Å². The molecule has 2 aliphatic heterocycles. The van der Waals surface area contributed by atoms with E-state index in [1.807, 2.05) is 0 Å². The normalized spacial score (nSPS) is 24.8. The number of primary amides is 1. The molecule has 1 aromatic heterocycles. The van der Waals surface area contributed by atoms with Crippen LogP contribution in [0.15, 0.2) is 12.3 Å². The number of likely N-dealkylation sites (tertiary alicyclic amines) is 2. The monoisotopic (exact) mass is 355 g/mol. The molecule has 2 aliphatic rings. The van der Waals surface area contributed by atoms with Crippen molar-refractivity contribution in [3.8, 4) is 0 Å². The number of alkyl halides is 2. The molecule has 2 amide bonds. The van der Waals surface area contributed by atoms with E-state index in [2.05, 4.69) is 10.00 Å². The highest BCUT2D eigenvalue weighted by Crippen LogP contribution is 2.30. The summed E-state index contributed by atoms with van der Waals surface area (Å²) in [4.78, 5) is 28.0. The summed E-state index contributed by atoms with van der Waals surface area (Å²) in [5.74, 6) is -0.699. The summed E-state index contributed by atoms with van der Waals surface area (Å²) in [5.41, 5.74) is 5.40. The minimum atomic E-state index is -2.76. The SMILES string of the molecule is NC(=O)CN1CCCC[C@@H]2[C@H]1CCCN2C(=O)c1ccn(C(F)F)n1. The Kier molecular flexibility index (Phi) is 5.31. The van der Waals surface area contributed by atoms with Crippen molar-refractivity contribution in [1.29, 1.82) is 0 Å². The highest BCUT2D eigenvalue weighted by molar-refractivity contribution is 5.92. The van der Waals surface area contributed by atoms with E-state index < -0.39 is 6.55 Å². The molecular weight excluding hydrogens is 332 g/mol. The highest BCUT2D eigenvalue weighted by Gasteiger charge is 2.39. The van der Waals surface area contributed by atoms with Gasteiger partial charge in [-0.25, -0.2) is 4.68 Å². The van der Waals surface area contributed by atoms with Gasteiger partial charge in [-0.3, -0.25) is 14.5 Å². The van der Waals surface area contributed by atoms with Crippen LogP contribution >= 0.6 is 0 Å². The van der Waals surface area contributed by atoms with Gasteiger partial charge >= 0.3 is 6.55 Å². The Hall–Kier alpha value is -2.03. The molecule has 2 atom stereocenters. The first kappa shape index (κ1) is 17.8. The van der Waals surface area contributed by atoms with Gasteiger partial charge in [0.25, 0.3) is 5.91 Å². The summed E-state index contributed by atoms with van der Waals surface area (Å²) in [7, 11) is 0. The Bertz CT molecular complexity index is 636. The average Bonchev–Trinajstić information content (AvgIpc) is 2.98. The molecule has 25 heavy (non-hydrogen) atoms. The van der Waals surface area contributed by atoms with Crippen LogP contribution in [0.1, 0.15) is 49.1 Å². The number of carbonyl (C=O) groups excluding carboxylic acids is 2. The molecule has 1 aromatic rings. The number of piperidine rings is 1. The lowest BCUT2D eigenvalue weighted by molar-refractivity contribution is -0.120. The molecule has 3 rings (SSSR count). The van der Waals surface area contributed by atoms with E-state index >= 15 is 0 Å². The molecule has 2 N–H and O–H groups in total. The Balaban J connectivity index is 1.80. The van der Waals surface area contributed by atoms with E-state index in [1.165, 1.54) is 6.07 Å². The average molecular weight is 355 g/mol. The van der Waals surface area contributed by atoms with Gasteiger partial charge in [-0.2, -0.15) is 13.9 Å². The molecule has 2 saturated heterocycles. The number of rotatable bonds is 4. The molecular formula is C16H23F2N5O2. The lowest BCUT2D eigenvalue weighted by atomic mass is 9.92. The predicted octanol–water partition coefficient (Wildman–Crippen LogP) is 1.22. The maximum absolute atomic E-state index is 12.8. The van der Waals surface area contributed by atoms with Gasteiger partial charge in [0.15, 0.2) is 5.69 Å². The summed E-state index contributed by atoms with van der Waals surface area (Å²) >= 11 is 0. The molecule has 7 nitrogen and oxygen atoms in total. The molecule has 138 valence electrons. The molecule has 0 aromatic carbocycles. The fraction of sp³-hybridized carbons (Fsp3) is 0.688. The number of nitrogens with zero attached hydrogens (tertiary/aromatic N) is 4. The number of nitrogens with two attached hydrogens (primary N) is 1. The lowest BCUT2D eigenvalue weighted by Crippen LogP contribution is -2.57. The van der Waals surface area contributed by atoms with Crippen LogP contribution in [0, 0.1) is 0 Å². The van der Waals surface area contributed by atoms with Gasteiger partial charge < -0.3 is 10.6 Å². The van der Waals surface area contributed by atoms with E-state index in [4.69, 9.17) is 5.73 Å². The first-order valence-electron chi connectivity index (χ1n) is 8.64. The first-order valence-corrected chi connectivity index (χ1v) is 8.64. The van der Waals surface area contributed by atoms with Crippen molar-refractivity contribution < 1.29 is 18.4 Å². The third kappa shape index (κ3) is 3.81. The molecule has 0 radical (unpaired) electrons. The molecule has 0 unspecified atom stereocenters. The van der Waals surface area contributed by atoms with Crippen LogP contribution in [-0.4, -0.2) is 63.1 Å². The van der Waals surface area contributed by atoms with E-state index in [1.54, 1.807) is 4.90 Å². The highest BCUT2D eigenvalue weighted by atomic mass is 19.3. The van der Waals surface area contributed by atoms with Gasteiger partial charge in [-0.05, 0) is 38.3 Å². The van der Waals surface area contributed by atoms with Gasteiger partial charge in [-0.1, -0.05) is 6.42 Å². The van der Waals surface area contributed by atoms with Crippen molar-refractivity contribution in [3.05, 3.63) is 18.0 Å². The topological polar surface area (TPSA) is 84.5 Å². The maximum Gasteiger partial charge on any atom is 0.333 e. The Labute approximate surface area is 144 Å². The fourth-order valence-corrected chi connectivity index (χ4v) is 4.00. The zero-order chi connectivity index (χ0) is 18.0. The van der Waals surface area contributed by atoms with Crippen molar-refractivity contribution in [2.45, 2.75) is 50.7 Å². The zero-order valence-electron chi connectivity index (χ0n) is 14.0. The van der Waals surface area contributed by atoms with Crippen LogP contribution in [0.5, 0.6) is 0 Å². The summed E-state index contributed by atoms with van der Waals surface area (Å²) in [6.45, 7) is -1.22. The van der Waals surface area contributed by atoms with Crippen molar-refractivity contribution >= 4 is 11.8 Å². The summed E-state index contributed by atoms with van der Waals surface area (Å²) < 4.78 is 25.9. The van der Waals surface area contributed by atoms with Crippen LogP contribution in [0.3, 0.4) is 0 Å². The van der Waals surface area contributed by atoms with Crippen molar-refractivity contribution in [2.24, 2.45) is 5.73 Å². The van der Waals surface area contributed by atoms with Crippen LogP contribution in [-0.2, 0) is 4.79 Å². The predicted molar refractivity (Wildman–Crippen MR) is 85.9 cm³/mol. The Morgan fingerprint density at radius 1 is 1.20 bits per heavy atom. The van der Waals surface area contributed by atoms with Crippen molar-refractivity contribution in [2.75, 3.05) is 19.6 Å². The number of amides is 2. The molecule has 0 spiro atoms. The summed E-state index contributed by atoms with van der Waals surface area (Å²) in [6.07, 6.45) is 5.55. The fourth-order valence-electron chi connectivity index (χ4n) is 4.00. The van der Waals surface area contributed by atoms with Crippen molar-refractivity contribution in [1.82, 2.24) is 19.6 Å². The van der Waals surface area contributed by atoms with Gasteiger partial charge in [0, 0.05) is 24.8 Å². The number of aromatic nitrogens is 2. The van der Waals surface area contributed by atoms with Gasteiger partial charge in [0.1, 0.15) is 0 Å². The Morgan fingerprint density at radius 3 is 2.64 bits per heavy atom.